The number of carbonyl (C=O) groups excluding carboxylic acids is 1. The summed E-state index contributed by atoms with van der Waals surface area (Å²) in [6.07, 6.45) is 10.1. The molecule has 0 aromatic heterocycles. The molecule has 0 aliphatic rings. The summed E-state index contributed by atoms with van der Waals surface area (Å²) in [6, 6.07) is 29.3. The minimum atomic E-state index is -2.16. The van der Waals surface area contributed by atoms with E-state index in [9.17, 15) is 4.79 Å². The summed E-state index contributed by atoms with van der Waals surface area (Å²) in [4.78, 5) is 16.1. The lowest BCUT2D eigenvalue weighted by molar-refractivity contribution is -0.133. The van der Waals surface area contributed by atoms with Crippen LogP contribution < -0.4 is 0 Å². The maximum absolute atomic E-state index is 12.9. The van der Waals surface area contributed by atoms with Gasteiger partial charge in [0.05, 0.1) is 0 Å². The van der Waals surface area contributed by atoms with E-state index in [2.05, 4.69) is 55.5 Å². The lowest BCUT2D eigenvalue weighted by atomic mass is 10.1. The van der Waals surface area contributed by atoms with Crippen molar-refractivity contribution in [3.63, 3.8) is 0 Å². The first-order valence-corrected chi connectivity index (χ1v) is 14.0. The molecule has 0 amide bonds. The number of hydrogen-bond donors (Lipinski definition) is 0. The molecule has 0 aliphatic carbocycles. The molecule has 0 aliphatic heterocycles. The lowest BCUT2D eigenvalue weighted by Crippen LogP contribution is -2.13. The molecule has 0 saturated carbocycles. The Morgan fingerprint density at radius 3 is 1.70 bits per heavy atom. The van der Waals surface area contributed by atoms with Crippen LogP contribution in [-0.2, 0) is 15.4 Å². The van der Waals surface area contributed by atoms with Crippen LogP contribution in [0.15, 0.2) is 99.6 Å². The molecule has 0 radical (unpaired) electrons. The largest absolute Gasteiger partial charge is 0.402 e. The predicted octanol–water partition coefficient (Wildman–Crippen LogP) is 9.13. The smallest absolute Gasteiger partial charge is 0.317 e. The Kier molecular flexibility index (Phi) is 10.1. The fourth-order valence-corrected chi connectivity index (χ4v) is 7.19. The molecule has 2 nitrogen and oxygen atoms in total. The van der Waals surface area contributed by atoms with Gasteiger partial charge < -0.3 is 4.18 Å². The summed E-state index contributed by atoms with van der Waals surface area (Å²) in [7, 11) is -2.16. The van der Waals surface area contributed by atoms with Gasteiger partial charge in [0.2, 0.25) is 0 Å². The monoisotopic (exact) mass is 462 g/mol. The molecule has 0 N–H and O–H groups in total. The third-order valence-electron chi connectivity index (χ3n) is 5.90. The minimum absolute atomic E-state index is 0.142. The topological polar surface area (TPSA) is 26.3 Å². The molecule has 0 atom stereocenters. The zero-order valence-corrected chi connectivity index (χ0v) is 21.0. The number of rotatable bonds is 13. The molecular weight excluding hydrogens is 424 g/mol. The number of unbranched alkanes of at least 4 members (excludes halogenated alkanes) is 5. The van der Waals surface area contributed by atoms with Gasteiger partial charge in [0.15, 0.2) is 0 Å². The third kappa shape index (κ3) is 6.74. The summed E-state index contributed by atoms with van der Waals surface area (Å²) in [6.45, 7) is 4.27. The first-order chi connectivity index (χ1) is 16.2. The van der Waals surface area contributed by atoms with Gasteiger partial charge in [0.25, 0.3) is 0 Å². The highest BCUT2D eigenvalue weighted by Gasteiger charge is 2.35. The van der Waals surface area contributed by atoms with Gasteiger partial charge >= 0.3 is 5.97 Å². The molecule has 3 heteroatoms. The summed E-state index contributed by atoms with van der Waals surface area (Å²) < 4.78 is 6.46. The molecule has 0 bridgehead atoms. The van der Waals surface area contributed by atoms with Crippen molar-refractivity contribution in [2.45, 2.75) is 86.3 Å². The van der Waals surface area contributed by atoms with E-state index in [0.717, 1.165) is 27.5 Å². The highest BCUT2D eigenvalue weighted by Crippen LogP contribution is 2.69. The van der Waals surface area contributed by atoms with Crippen molar-refractivity contribution >= 4 is 16.3 Å². The van der Waals surface area contributed by atoms with Gasteiger partial charge in [-0.2, -0.15) is 0 Å². The summed E-state index contributed by atoms with van der Waals surface area (Å²) in [5, 5.41) is 0. The van der Waals surface area contributed by atoms with Gasteiger partial charge in [-0.15, -0.1) is 0 Å². The first kappa shape index (κ1) is 25.1. The highest BCUT2D eigenvalue weighted by molar-refractivity contribution is 8.30. The van der Waals surface area contributed by atoms with E-state index >= 15 is 0 Å². The number of carbonyl (C=O) groups is 1. The average molecular weight is 463 g/mol. The second kappa shape index (κ2) is 13.3. The second-order valence-electron chi connectivity index (χ2n) is 8.55. The minimum Gasteiger partial charge on any atom is -0.402 e. The van der Waals surface area contributed by atoms with Crippen molar-refractivity contribution in [2.24, 2.45) is 0 Å². The highest BCUT2D eigenvalue weighted by atomic mass is 32.3. The fraction of sp³-hybridized carbons (Fsp3) is 0.367. The molecule has 0 unspecified atom stereocenters. The van der Waals surface area contributed by atoms with Crippen molar-refractivity contribution in [2.75, 3.05) is 0 Å². The van der Waals surface area contributed by atoms with Crippen LogP contribution in [0.3, 0.4) is 0 Å². The zero-order valence-electron chi connectivity index (χ0n) is 20.2. The molecule has 0 fully saturated rings. The second-order valence-corrected chi connectivity index (χ2v) is 11.2. The summed E-state index contributed by atoms with van der Waals surface area (Å²) in [5.41, 5.74) is 1.35. The third-order valence-corrected chi connectivity index (χ3v) is 9.14. The van der Waals surface area contributed by atoms with Crippen LogP contribution in [0.4, 0.5) is 0 Å². The standard InChI is InChI=1S/C30H38O2S/c1-3-5-6-7-8-11-17-26-22-24-29(25-23-26)33(32-30(31)16-4-2,27-18-12-9-13-19-27)28-20-14-10-15-21-28/h9-10,12-15,18-25H,3-8,11,16-17H2,1-2H3. The van der Waals surface area contributed by atoms with Crippen molar-refractivity contribution in [1.29, 1.82) is 0 Å². The predicted molar refractivity (Wildman–Crippen MR) is 140 cm³/mol. The Labute approximate surface area is 201 Å². The van der Waals surface area contributed by atoms with E-state index in [-0.39, 0.29) is 5.97 Å². The molecule has 33 heavy (non-hydrogen) atoms. The molecule has 176 valence electrons. The zero-order chi connectivity index (χ0) is 23.4. The normalized spacial score (nSPS) is 11.8. The lowest BCUT2D eigenvalue weighted by Gasteiger charge is -2.39. The van der Waals surface area contributed by atoms with Crippen molar-refractivity contribution in [3.8, 4) is 0 Å². The Morgan fingerprint density at radius 2 is 1.15 bits per heavy atom. The van der Waals surface area contributed by atoms with E-state index < -0.39 is 10.3 Å². The van der Waals surface area contributed by atoms with Crippen molar-refractivity contribution in [1.82, 2.24) is 0 Å². The molecule has 0 saturated heterocycles. The fourth-order valence-electron chi connectivity index (χ4n) is 4.12. The Morgan fingerprint density at radius 1 is 0.636 bits per heavy atom. The van der Waals surface area contributed by atoms with Gasteiger partial charge in [-0.05, 0) is 71.5 Å². The summed E-state index contributed by atoms with van der Waals surface area (Å²) >= 11 is 0. The van der Waals surface area contributed by atoms with Crippen LogP contribution in [0, 0.1) is 0 Å². The Balaban J connectivity index is 1.93. The Hall–Kier alpha value is -2.52. The van der Waals surface area contributed by atoms with Gasteiger partial charge in [0, 0.05) is 21.1 Å². The first-order valence-electron chi connectivity index (χ1n) is 12.5. The molecular formula is C30H38O2S. The van der Waals surface area contributed by atoms with Crippen molar-refractivity contribution < 1.29 is 8.98 Å². The number of hydrogen-bond acceptors (Lipinski definition) is 2. The van der Waals surface area contributed by atoms with Gasteiger partial charge in [-0.25, -0.2) is 0 Å². The molecule has 0 spiro atoms. The van der Waals surface area contributed by atoms with E-state index in [4.69, 9.17) is 4.18 Å². The van der Waals surface area contributed by atoms with Crippen LogP contribution in [-0.4, -0.2) is 5.97 Å². The van der Waals surface area contributed by atoms with Gasteiger partial charge in [0.1, 0.15) is 0 Å². The van der Waals surface area contributed by atoms with Crippen LogP contribution >= 0.6 is 10.3 Å². The molecule has 3 rings (SSSR count). The molecule has 3 aromatic rings. The van der Waals surface area contributed by atoms with Gasteiger partial charge in [-0.3, -0.25) is 4.79 Å². The molecule has 3 aromatic carbocycles. The number of benzene rings is 3. The quantitative estimate of drug-likeness (QED) is 0.237. The van der Waals surface area contributed by atoms with Gasteiger partial charge in [-0.1, -0.05) is 94.5 Å². The van der Waals surface area contributed by atoms with E-state index in [1.807, 2.05) is 43.3 Å². The summed E-state index contributed by atoms with van der Waals surface area (Å²) in [5.74, 6) is -0.142. The maximum Gasteiger partial charge on any atom is 0.317 e. The van der Waals surface area contributed by atoms with E-state index in [1.54, 1.807) is 0 Å². The molecule has 0 heterocycles. The number of aryl methyl sites for hydroxylation is 1. The Bertz CT molecular complexity index is 912. The SMILES string of the molecule is CCCCCCCCc1ccc(S(OC(=O)CCC)(c2ccccc2)c2ccccc2)cc1. The van der Waals surface area contributed by atoms with E-state index in [1.165, 1.54) is 44.1 Å². The van der Waals surface area contributed by atoms with E-state index in [0.29, 0.717) is 6.42 Å². The van der Waals surface area contributed by atoms with Crippen LogP contribution in [0.5, 0.6) is 0 Å². The maximum atomic E-state index is 12.9. The average Bonchev–Trinajstić information content (AvgIpc) is 2.86. The van der Waals surface area contributed by atoms with Crippen LogP contribution in [0.25, 0.3) is 0 Å². The van der Waals surface area contributed by atoms with Crippen molar-refractivity contribution in [3.05, 3.63) is 90.5 Å². The van der Waals surface area contributed by atoms with Crippen LogP contribution in [0.2, 0.25) is 0 Å². The van der Waals surface area contributed by atoms with Crippen LogP contribution in [0.1, 0.15) is 70.8 Å².